The Morgan fingerprint density at radius 3 is 2.80 bits per heavy atom. The molecule has 0 unspecified atom stereocenters. The van der Waals surface area contributed by atoms with Crippen LogP contribution in [-0.4, -0.2) is 4.57 Å². The van der Waals surface area contributed by atoms with Gasteiger partial charge in [-0.3, -0.25) is 0 Å². The van der Waals surface area contributed by atoms with Crippen LogP contribution in [0.15, 0.2) is 52.3 Å². The molecule has 0 aliphatic heterocycles. The molecule has 5 heteroatoms. The minimum Gasteiger partial charge on any atom is -0.318 e. The number of nitrogens with zero attached hydrogens (tertiary/aromatic N) is 3. The lowest BCUT2D eigenvalue weighted by atomic mass is 10.2. The van der Waals surface area contributed by atoms with Crippen molar-refractivity contribution < 1.29 is 0 Å². The molecule has 0 fully saturated rings. The zero-order chi connectivity index (χ0) is 10.5. The molecule has 1 aromatic heterocycles. The first-order valence-electron chi connectivity index (χ1n) is 4.44. The molecule has 2 rings (SSSR count). The lowest BCUT2D eigenvalue weighted by Gasteiger charge is -2.01. The van der Waals surface area contributed by atoms with E-state index in [1.54, 1.807) is 0 Å². The molecule has 76 valence electrons. The first-order valence-corrected chi connectivity index (χ1v) is 5.32. The number of hydrogen-bond acceptors (Lipinski definition) is 3. The van der Waals surface area contributed by atoms with Gasteiger partial charge in [-0.2, -0.15) is 0 Å². The summed E-state index contributed by atoms with van der Waals surface area (Å²) < 4.78 is 1.89. The molecule has 0 N–H and O–H groups in total. The predicted molar refractivity (Wildman–Crippen MR) is 59.2 cm³/mol. The van der Waals surface area contributed by atoms with E-state index in [0.29, 0.717) is 11.3 Å². The Morgan fingerprint density at radius 1 is 1.27 bits per heavy atom. The van der Waals surface area contributed by atoms with Crippen LogP contribution in [0.3, 0.4) is 0 Å². The van der Waals surface area contributed by atoms with Crippen molar-refractivity contribution in [1.82, 2.24) is 4.57 Å². The third-order valence-electron chi connectivity index (χ3n) is 1.98. The lowest BCUT2D eigenvalue weighted by molar-refractivity contribution is 0.759. The minimum atomic E-state index is 0.619. The molecule has 0 aliphatic carbocycles. The molecule has 0 atom stereocenters. The molecule has 0 spiro atoms. The van der Waals surface area contributed by atoms with Crippen molar-refractivity contribution in [3.63, 3.8) is 0 Å². The molecular formula is C10H9N3OS. The van der Waals surface area contributed by atoms with E-state index in [0.717, 1.165) is 0 Å². The van der Waals surface area contributed by atoms with Crippen molar-refractivity contribution >= 4 is 11.3 Å². The number of hydrogen-bond donors (Lipinski definition) is 0. The molecule has 0 saturated carbocycles. The fourth-order valence-electron chi connectivity index (χ4n) is 1.31. The molecule has 1 heterocycles. The first kappa shape index (κ1) is 9.79. The van der Waals surface area contributed by atoms with E-state index in [4.69, 9.17) is 0 Å². The van der Waals surface area contributed by atoms with Gasteiger partial charge in [0.15, 0.2) is 0 Å². The number of benzene rings is 1. The van der Waals surface area contributed by atoms with E-state index in [-0.39, 0.29) is 0 Å². The quantitative estimate of drug-likeness (QED) is 0.576. The second kappa shape index (κ2) is 4.65. The van der Waals surface area contributed by atoms with Crippen molar-refractivity contribution in [3.05, 3.63) is 57.2 Å². The summed E-state index contributed by atoms with van der Waals surface area (Å²) >= 11 is 1.40. The number of aromatic nitrogens is 1. The van der Waals surface area contributed by atoms with Crippen molar-refractivity contribution in [2.75, 3.05) is 0 Å². The Kier molecular flexibility index (Phi) is 3.04. The topological polar surface area (TPSA) is 46.7 Å². The van der Waals surface area contributed by atoms with Gasteiger partial charge in [-0.1, -0.05) is 35.4 Å². The van der Waals surface area contributed by atoms with Crippen LogP contribution in [0.1, 0.15) is 5.56 Å². The van der Waals surface area contributed by atoms with Crippen molar-refractivity contribution in [2.45, 2.75) is 6.54 Å². The molecule has 2 aromatic rings. The third kappa shape index (κ3) is 2.38. The van der Waals surface area contributed by atoms with Gasteiger partial charge in [0.05, 0.1) is 5.29 Å². The highest BCUT2D eigenvalue weighted by Gasteiger charge is 1.96. The second-order valence-corrected chi connectivity index (χ2v) is 3.85. The van der Waals surface area contributed by atoms with Crippen molar-refractivity contribution in [3.8, 4) is 0 Å². The van der Waals surface area contributed by atoms with Crippen LogP contribution in [-0.2, 0) is 6.54 Å². The van der Waals surface area contributed by atoms with E-state index in [9.17, 15) is 4.91 Å². The fraction of sp³-hybridized carbons (Fsp3) is 0.100. The summed E-state index contributed by atoms with van der Waals surface area (Å²) in [5.74, 6) is 0. The predicted octanol–water partition coefficient (Wildman–Crippen LogP) is 2.18. The Labute approximate surface area is 90.5 Å². The number of rotatable bonds is 3. The van der Waals surface area contributed by atoms with Crippen LogP contribution < -0.4 is 4.80 Å². The molecule has 0 aliphatic rings. The van der Waals surface area contributed by atoms with Gasteiger partial charge in [0.2, 0.25) is 4.80 Å². The number of thiazole rings is 1. The Balaban J connectivity index is 2.29. The van der Waals surface area contributed by atoms with Gasteiger partial charge in [-0.15, -0.1) is 16.2 Å². The summed E-state index contributed by atoms with van der Waals surface area (Å²) in [7, 11) is 0. The average Bonchev–Trinajstić information content (AvgIpc) is 2.68. The van der Waals surface area contributed by atoms with Crippen LogP contribution >= 0.6 is 11.3 Å². The molecule has 4 nitrogen and oxygen atoms in total. The molecular weight excluding hydrogens is 210 g/mol. The first-order chi connectivity index (χ1) is 7.40. The zero-order valence-electron chi connectivity index (χ0n) is 7.91. The van der Waals surface area contributed by atoms with E-state index >= 15 is 0 Å². The lowest BCUT2D eigenvalue weighted by Crippen LogP contribution is -2.13. The normalized spacial score (nSPS) is 11.6. The summed E-state index contributed by atoms with van der Waals surface area (Å²) in [6.45, 7) is 0.707. The Bertz CT molecular complexity index is 501. The maximum atomic E-state index is 10.1. The highest BCUT2D eigenvalue weighted by molar-refractivity contribution is 7.07. The molecule has 1 aromatic carbocycles. The SMILES string of the molecule is O=N/N=c1\sccn1Cc1ccccc1. The monoisotopic (exact) mass is 219 g/mol. The zero-order valence-corrected chi connectivity index (χ0v) is 8.72. The standard InChI is InChI=1S/C10H9N3OS/c14-12-11-10-13(6-7-15-10)8-9-4-2-1-3-5-9/h1-7H,8H2/b11-10-. The molecule has 15 heavy (non-hydrogen) atoms. The van der Waals surface area contributed by atoms with Gasteiger partial charge in [0, 0.05) is 18.1 Å². The summed E-state index contributed by atoms with van der Waals surface area (Å²) in [5, 5.41) is 7.94. The van der Waals surface area contributed by atoms with Crippen LogP contribution in [0.4, 0.5) is 0 Å². The van der Waals surface area contributed by atoms with Crippen molar-refractivity contribution in [1.29, 1.82) is 0 Å². The molecule has 0 saturated heterocycles. The van der Waals surface area contributed by atoms with Gasteiger partial charge in [0.1, 0.15) is 0 Å². The summed E-state index contributed by atoms with van der Waals surface area (Å²) in [6.07, 6.45) is 1.89. The molecule has 0 amide bonds. The van der Waals surface area contributed by atoms with Gasteiger partial charge in [-0.25, -0.2) is 0 Å². The number of nitroso groups, excluding NO2 is 1. The van der Waals surface area contributed by atoms with Crippen LogP contribution in [0.25, 0.3) is 0 Å². The highest BCUT2D eigenvalue weighted by Crippen LogP contribution is 2.01. The van der Waals surface area contributed by atoms with Gasteiger partial charge in [0.25, 0.3) is 0 Å². The van der Waals surface area contributed by atoms with E-state index in [2.05, 4.69) is 10.4 Å². The summed E-state index contributed by atoms with van der Waals surface area (Å²) in [5.41, 5.74) is 1.17. The maximum absolute atomic E-state index is 10.1. The van der Waals surface area contributed by atoms with Gasteiger partial charge < -0.3 is 4.57 Å². The average molecular weight is 219 g/mol. The molecule has 0 bridgehead atoms. The molecule has 0 radical (unpaired) electrons. The van der Waals surface area contributed by atoms with Crippen LogP contribution in [0.5, 0.6) is 0 Å². The van der Waals surface area contributed by atoms with E-state index < -0.39 is 0 Å². The van der Waals surface area contributed by atoms with Crippen LogP contribution in [0.2, 0.25) is 0 Å². The maximum Gasteiger partial charge on any atom is 0.214 e. The van der Waals surface area contributed by atoms with Gasteiger partial charge in [-0.05, 0) is 5.56 Å². The van der Waals surface area contributed by atoms with E-state index in [1.807, 2.05) is 46.5 Å². The van der Waals surface area contributed by atoms with Crippen molar-refractivity contribution in [2.24, 2.45) is 10.4 Å². The Morgan fingerprint density at radius 2 is 2.07 bits per heavy atom. The summed E-state index contributed by atoms with van der Waals surface area (Å²) in [6, 6.07) is 10.00. The largest absolute Gasteiger partial charge is 0.318 e. The second-order valence-electron chi connectivity index (χ2n) is 2.98. The minimum absolute atomic E-state index is 0.619. The summed E-state index contributed by atoms with van der Waals surface area (Å²) in [4.78, 5) is 10.7. The fourth-order valence-corrected chi connectivity index (χ4v) is 1.98. The third-order valence-corrected chi connectivity index (χ3v) is 2.77. The smallest absolute Gasteiger partial charge is 0.214 e. The Hall–Kier alpha value is -1.75. The van der Waals surface area contributed by atoms with Crippen LogP contribution in [0, 0.1) is 4.91 Å². The van der Waals surface area contributed by atoms with Gasteiger partial charge >= 0.3 is 0 Å². The van der Waals surface area contributed by atoms with E-state index in [1.165, 1.54) is 16.9 Å². The highest BCUT2D eigenvalue weighted by atomic mass is 32.1.